The van der Waals surface area contributed by atoms with Gasteiger partial charge in [0.25, 0.3) is 0 Å². The first-order valence-electron chi connectivity index (χ1n) is 20.4. The van der Waals surface area contributed by atoms with Gasteiger partial charge in [0.1, 0.15) is 19.3 Å². The number of ether oxygens (including phenoxy) is 8. The number of ketones is 2. The fourth-order valence-electron chi connectivity index (χ4n) is 11.8. The average Bonchev–Trinajstić information content (AvgIpc) is 3.65. The van der Waals surface area contributed by atoms with E-state index in [1.807, 2.05) is 13.0 Å². The van der Waals surface area contributed by atoms with Gasteiger partial charge in [-0.05, 0) is 62.5 Å². The van der Waals surface area contributed by atoms with Crippen molar-refractivity contribution >= 4 is 35.4 Å². The zero-order valence-electron chi connectivity index (χ0n) is 33.6. The second kappa shape index (κ2) is 15.9. The molecule has 0 aromatic heterocycles. The van der Waals surface area contributed by atoms with E-state index in [1.165, 1.54) is 6.92 Å². The second-order valence-electron chi connectivity index (χ2n) is 17.5. The molecule has 15 heteroatoms. The fraction of sp³-hybridized carbons (Fsp3) is 0.762. The van der Waals surface area contributed by atoms with Crippen LogP contribution in [0.25, 0.3) is 0 Å². The van der Waals surface area contributed by atoms with E-state index in [2.05, 4.69) is 6.92 Å². The number of aliphatic hydroxyl groups excluding tert-OH is 1. The molecule has 5 aliphatic carbocycles. The van der Waals surface area contributed by atoms with Crippen molar-refractivity contribution < 1.29 is 71.8 Å². The smallest absolute Gasteiger partial charge is 0.303 e. The third-order valence-electron chi connectivity index (χ3n) is 14.0. The molecule has 6 fully saturated rings. The van der Waals surface area contributed by atoms with Crippen molar-refractivity contribution in [2.24, 2.45) is 34.5 Å². The zero-order valence-corrected chi connectivity index (χ0v) is 33.6. The number of fused-ring (bicyclic) bond motifs is 7. The molecule has 2 heterocycles. The summed E-state index contributed by atoms with van der Waals surface area (Å²) < 4.78 is 48.1. The molecule has 57 heavy (non-hydrogen) atoms. The van der Waals surface area contributed by atoms with Crippen molar-refractivity contribution in [1.82, 2.24) is 0 Å². The summed E-state index contributed by atoms with van der Waals surface area (Å²) in [5.41, 5.74) is -1.92. The van der Waals surface area contributed by atoms with Crippen LogP contribution in [0.15, 0.2) is 23.8 Å². The van der Waals surface area contributed by atoms with Crippen LogP contribution in [0.4, 0.5) is 0 Å². The molecule has 4 saturated carbocycles. The first-order valence-corrected chi connectivity index (χ1v) is 20.4. The van der Waals surface area contributed by atoms with E-state index in [1.54, 1.807) is 12.2 Å². The van der Waals surface area contributed by atoms with Gasteiger partial charge in [0.2, 0.25) is 0 Å². The van der Waals surface area contributed by atoms with Crippen molar-refractivity contribution in [2.45, 2.75) is 154 Å². The molecule has 2 aliphatic heterocycles. The number of Topliss-reactive ketones (excluding diaryl/α,β-unsaturated/α-hetero) is 1. The maximum atomic E-state index is 15.2. The van der Waals surface area contributed by atoms with Crippen LogP contribution in [0.1, 0.15) is 99.3 Å². The van der Waals surface area contributed by atoms with Crippen molar-refractivity contribution in [3.63, 3.8) is 0 Å². The van der Waals surface area contributed by atoms with Crippen LogP contribution in [0, 0.1) is 34.5 Å². The Morgan fingerprint density at radius 3 is 2.19 bits per heavy atom. The minimum atomic E-state index is -1.56. The van der Waals surface area contributed by atoms with E-state index >= 15 is 4.79 Å². The summed E-state index contributed by atoms with van der Waals surface area (Å²) in [4.78, 5) is 76.5. The second-order valence-corrected chi connectivity index (χ2v) is 17.5. The Hall–Kier alpha value is -3.50. The highest BCUT2D eigenvalue weighted by atomic mass is 16.8. The monoisotopic (exact) mass is 800 g/mol. The van der Waals surface area contributed by atoms with Crippen LogP contribution in [0.2, 0.25) is 0 Å². The van der Waals surface area contributed by atoms with Gasteiger partial charge in [0, 0.05) is 50.4 Å². The predicted octanol–water partition coefficient (Wildman–Crippen LogP) is 3.60. The first-order chi connectivity index (χ1) is 27.0. The number of esters is 4. The Labute approximate surface area is 332 Å². The largest absolute Gasteiger partial charge is 0.463 e. The Morgan fingerprint density at radius 1 is 0.860 bits per heavy atom. The molecule has 7 rings (SSSR count). The number of carbonyl (C=O) groups is 6. The van der Waals surface area contributed by atoms with Gasteiger partial charge in [-0.1, -0.05) is 44.8 Å². The normalized spacial score (nSPS) is 42.4. The highest BCUT2D eigenvalue weighted by molar-refractivity contribution is 6.01. The van der Waals surface area contributed by atoms with Crippen LogP contribution in [-0.4, -0.2) is 109 Å². The van der Waals surface area contributed by atoms with Gasteiger partial charge < -0.3 is 43.0 Å². The quantitative estimate of drug-likeness (QED) is 0.248. The summed E-state index contributed by atoms with van der Waals surface area (Å²) in [6.07, 6.45) is 3.11. The third kappa shape index (κ3) is 7.40. The van der Waals surface area contributed by atoms with Crippen molar-refractivity contribution in [3.05, 3.63) is 23.8 Å². The molecular formula is C42H56O15. The molecule has 7 aliphatic rings. The summed E-state index contributed by atoms with van der Waals surface area (Å²) in [7, 11) is 0. The average molecular weight is 801 g/mol. The van der Waals surface area contributed by atoms with Gasteiger partial charge >= 0.3 is 23.9 Å². The lowest BCUT2D eigenvalue weighted by Crippen LogP contribution is -2.65. The molecular weight excluding hydrogens is 744 g/mol. The maximum Gasteiger partial charge on any atom is 0.303 e. The number of allylic oxidation sites excluding steroid dienone is 4. The molecule has 2 saturated heterocycles. The van der Waals surface area contributed by atoms with E-state index < -0.39 is 109 Å². The molecule has 0 aromatic carbocycles. The van der Waals surface area contributed by atoms with E-state index in [4.69, 9.17) is 37.9 Å². The Morgan fingerprint density at radius 2 is 1.53 bits per heavy atom. The number of hydrogen-bond acceptors (Lipinski definition) is 15. The van der Waals surface area contributed by atoms with E-state index in [9.17, 15) is 29.1 Å². The molecule has 0 bridgehead atoms. The minimum Gasteiger partial charge on any atom is -0.463 e. The molecule has 314 valence electrons. The lowest BCUT2D eigenvalue weighted by molar-refractivity contribution is -0.307. The van der Waals surface area contributed by atoms with Gasteiger partial charge in [-0.15, -0.1) is 0 Å². The van der Waals surface area contributed by atoms with Gasteiger partial charge in [-0.25, -0.2) is 0 Å². The topological polar surface area (TPSA) is 196 Å². The predicted molar refractivity (Wildman–Crippen MR) is 195 cm³/mol. The number of aliphatic hydroxyl groups is 1. The molecule has 0 aromatic rings. The molecule has 0 amide bonds. The minimum absolute atomic E-state index is 0.00460. The lowest BCUT2D eigenvalue weighted by Gasteiger charge is -2.59. The van der Waals surface area contributed by atoms with Crippen molar-refractivity contribution in [1.29, 1.82) is 0 Å². The highest BCUT2D eigenvalue weighted by Crippen LogP contribution is 2.70. The first kappa shape index (κ1) is 41.7. The number of rotatable bonds is 10. The SMILES string of the molecule is CC(=O)OC[C@H]1O[C@@H](OCC(=O)[C@@]23O[C@H](C4CCCCC4)O[C@@H]2CC2C4CCC5=CC(=O)C=C[C@]5(C)C4[C@@H](O)C[C@@]23C)[C@H](OC(C)=O)[C@@H](OC(C)=O)[C@@H]1OC(C)=O. The Bertz CT molecular complexity index is 1700. The third-order valence-corrected chi connectivity index (χ3v) is 14.0. The number of carbonyl (C=O) groups excluding carboxylic acids is 6. The van der Waals surface area contributed by atoms with E-state index in [0.717, 1.165) is 64.9 Å². The van der Waals surface area contributed by atoms with Crippen LogP contribution in [-0.2, 0) is 66.7 Å². The lowest BCUT2D eigenvalue weighted by atomic mass is 9.46. The summed E-state index contributed by atoms with van der Waals surface area (Å²) in [5, 5.41) is 12.2. The van der Waals surface area contributed by atoms with Gasteiger partial charge in [0.15, 0.2) is 48.1 Å². The van der Waals surface area contributed by atoms with E-state index in [0.29, 0.717) is 12.8 Å². The Kier molecular flexibility index (Phi) is 11.6. The fourth-order valence-corrected chi connectivity index (χ4v) is 11.8. The maximum absolute atomic E-state index is 15.2. The van der Waals surface area contributed by atoms with Crippen LogP contribution in [0.3, 0.4) is 0 Å². The van der Waals surface area contributed by atoms with Gasteiger partial charge in [0.05, 0.1) is 12.2 Å². The van der Waals surface area contributed by atoms with Gasteiger partial charge in [-0.2, -0.15) is 0 Å². The number of hydrogen-bond donors (Lipinski definition) is 1. The van der Waals surface area contributed by atoms with Gasteiger partial charge in [-0.3, -0.25) is 28.8 Å². The molecule has 3 unspecified atom stereocenters. The molecule has 1 N–H and O–H groups in total. The van der Waals surface area contributed by atoms with Crippen molar-refractivity contribution in [2.75, 3.05) is 13.2 Å². The summed E-state index contributed by atoms with van der Waals surface area (Å²) in [6, 6.07) is 0. The molecule has 0 spiro atoms. The molecule has 0 radical (unpaired) electrons. The molecule has 15 nitrogen and oxygen atoms in total. The summed E-state index contributed by atoms with van der Waals surface area (Å²) in [6.45, 7) is 7.61. The van der Waals surface area contributed by atoms with Crippen LogP contribution < -0.4 is 0 Å². The van der Waals surface area contributed by atoms with Crippen molar-refractivity contribution in [3.8, 4) is 0 Å². The standard InChI is InChI=1S/C42H56O15/c1-21(43)50-19-31-35(52-22(2)44)36(53-23(3)45)37(54-24(4)46)39(55-31)51-20-32(49)42-33(56-38(57-42)25-10-8-7-9-11-25)17-29-28-13-12-26-16-27(47)14-15-40(26,5)34(28)30(48)18-41(29,42)6/h14-16,25,28-31,33-39,48H,7-13,17-20H2,1-6H3/t28?,29?,30-,31+,33+,34?,35+,36-,37+,38+,39+,40-,41-,42+/m0/s1. The van der Waals surface area contributed by atoms with Crippen LogP contribution in [0.5, 0.6) is 0 Å². The summed E-state index contributed by atoms with van der Waals surface area (Å²) in [5.74, 6) is -3.70. The zero-order chi connectivity index (χ0) is 41.0. The Balaban J connectivity index is 1.21. The highest BCUT2D eigenvalue weighted by Gasteiger charge is 2.76. The molecule has 14 atom stereocenters. The van der Waals surface area contributed by atoms with E-state index in [-0.39, 0.29) is 35.9 Å². The van der Waals surface area contributed by atoms with Crippen LogP contribution >= 0.6 is 0 Å². The summed E-state index contributed by atoms with van der Waals surface area (Å²) >= 11 is 0.